The predicted molar refractivity (Wildman–Crippen MR) is 81.2 cm³/mol. The number of hydrogen-bond acceptors (Lipinski definition) is 5. The quantitative estimate of drug-likeness (QED) is 0.818. The highest BCUT2D eigenvalue weighted by Gasteiger charge is 2.20. The third-order valence-electron chi connectivity index (χ3n) is 3.27. The lowest BCUT2D eigenvalue weighted by atomic mass is 10.1. The number of carbonyl (C=O) groups excluding carboxylic acids is 2. The Labute approximate surface area is 125 Å². The van der Waals surface area contributed by atoms with E-state index in [0.29, 0.717) is 31.7 Å². The van der Waals surface area contributed by atoms with Crippen LogP contribution in [0, 0.1) is 0 Å². The highest BCUT2D eigenvalue weighted by atomic mass is 32.2. The van der Waals surface area contributed by atoms with Crippen LogP contribution < -0.4 is 0 Å². The number of Topliss-reactive ketones (excluding diaryl/α,β-unsaturated/α-hetero) is 1. The summed E-state index contributed by atoms with van der Waals surface area (Å²) >= 11 is 3.09. The van der Waals surface area contributed by atoms with Crippen molar-refractivity contribution in [3.05, 3.63) is 24.3 Å². The van der Waals surface area contributed by atoms with Crippen molar-refractivity contribution < 1.29 is 9.59 Å². The third kappa shape index (κ3) is 3.02. The molecule has 1 aromatic carbocycles. The zero-order valence-electron chi connectivity index (χ0n) is 10.9. The van der Waals surface area contributed by atoms with E-state index in [4.69, 9.17) is 0 Å². The Kier molecular flexibility index (Phi) is 4.03. The van der Waals surface area contributed by atoms with E-state index in [1.54, 1.807) is 16.2 Å². The predicted octanol–water partition coefficient (Wildman–Crippen LogP) is 2.58. The maximum atomic E-state index is 12.1. The number of piperidine rings is 1. The Morgan fingerprint density at radius 1 is 1.30 bits per heavy atom. The molecule has 0 N–H and O–H groups in total. The Hall–Kier alpha value is -1.40. The number of nitrogens with zero attached hydrogens (tertiary/aromatic N) is 2. The molecule has 1 aromatic heterocycles. The van der Waals surface area contributed by atoms with Crippen LogP contribution in [0.1, 0.15) is 12.8 Å². The molecule has 6 heteroatoms. The summed E-state index contributed by atoms with van der Waals surface area (Å²) in [6.45, 7) is 1.14. The number of amides is 1. The number of para-hydroxylation sites is 1. The first kappa shape index (κ1) is 13.6. The normalized spacial score (nSPS) is 15.8. The van der Waals surface area contributed by atoms with E-state index in [1.165, 1.54) is 11.8 Å². The number of ketones is 1. The number of aromatic nitrogens is 1. The van der Waals surface area contributed by atoms with Crippen molar-refractivity contribution in [3.8, 4) is 0 Å². The van der Waals surface area contributed by atoms with Crippen LogP contribution in [-0.4, -0.2) is 40.4 Å². The summed E-state index contributed by atoms with van der Waals surface area (Å²) in [6, 6.07) is 7.97. The largest absolute Gasteiger partial charge is 0.341 e. The van der Waals surface area contributed by atoms with Crippen LogP contribution in [0.15, 0.2) is 28.6 Å². The zero-order chi connectivity index (χ0) is 13.9. The van der Waals surface area contributed by atoms with Gasteiger partial charge >= 0.3 is 0 Å². The van der Waals surface area contributed by atoms with Gasteiger partial charge in [0, 0.05) is 25.9 Å². The Balaban J connectivity index is 1.58. The second-order valence-corrected chi connectivity index (χ2v) is 6.91. The van der Waals surface area contributed by atoms with E-state index in [0.717, 1.165) is 14.6 Å². The van der Waals surface area contributed by atoms with Gasteiger partial charge in [-0.25, -0.2) is 4.98 Å². The van der Waals surface area contributed by atoms with Gasteiger partial charge in [0.15, 0.2) is 4.34 Å². The molecule has 0 aliphatic carbocycles. The number of carbonyl (C=O) groups is 2. The van der Waals surface area contributed by atoms with Gasteiger partial charge in [-0.05, 0) is 12.1 Å². The summed E-state index contributed by atoms with van der Waals surface area (Å²) in [5, 5.41) is 0. The van der Waals surface area contributed by atoms with E-state index in [9.17, 15) is 9.59 Å². The standard InChI is InChI=1S/C14H14N2O2S2/c17-10-5-7-16(8-6-10)13(18)9-19-14-15-11-3-1-2-4-12(11)20-14/h1-4H,5-9H2. The first-order valence-corrected chi connectivity index (χ1v) is 8.30. The fourth-order valence-electron chi connectivity index (χ4n) is 2.13. The molecule has 0 saturated carbocycles. The molecule has 0 bridgehead atoms. The van der Waals surface area contributed by atoms with Crippen LogP contribution in [-0.2, 0) is 9.59 Å². The second-order valence-electron chi connectivity index (χ2n) is 4.66. The van der Waals surface area contributed by atoms with E-state index in [1.807, 2.05) is 24.3 Å². The molecule has 0 radical (unpaired) electrons. The highest BCUT2D eigenvalue weighted by Crippen LogP contribution is 2.29. The summed E-state index contributed by atoms with van der Waals surface area (Å²) in [6.07, 6.45) is 0.995. The molecular formula is C14H14N2O2S2. The topological polar surface area (TPSA) is 50.3 Å². The molecule has 3 rings (SSSR count). The van der Waals surface area contributed by atoms with Crippen molar-refractivity contribution >= 4 is 45.0 Å². The van der Waals surface area contributed by atoms with Gasteiger partial charge in [-0.2, -0.15) is 0 Å². The number of likely N-dealkylation sites (tertiary alicyclic amines) is 1. The molecule has 2 heterocycles. The fourth-order valence-corrected chi connectivity index (χ4v) is 4.10. The van der Waals surface area contributed by atoms with Crippen molar-refractivity contribution in [1.82, 2.24) is 9.88 Å². The lowest BCUT2D eigenvalue weighted by Gasteiger charge is -2.25. The molecule has 1 saturated heterocycles. The number of rotatable bonds is 3. The Morgan fingerprint density at radius 2 is 2.05 bits per heavy atom. The summed E-state index contributed by atoms with van der Waals surface area (Å²) in [5.74, 6) is 0.753. The third-order valence-corrected chi connectivity index (χ3v) is 5.43. The maximum Gasteiger partial charge on any atom is 0.233 e. The molecular weight excluding hydrogens is 292 g/mol. The molecule has 1 aliphatic heterocycles. The van der Waals surface area contributed by atoms with Gasteiger partial charge in [0.2, 0.25) is 5.91 Å². The van der Waals surface area contributed by atoms with Crippen molar-refractivity contribution in [3.63, 3.8) is 0 Å². The van der Waals surface area contributed by atoms with Gasteiger partial charge < -0.3 is 4.90 Å². The lowest BCUT2D eigenvalue weighted by molar-refractivity contribution is -0.132. The van der Waals surface area contributed by atoms with Crippen LogP contribution in [0.3, 0.4) is 0 Å². The van der Waals surface area contributed by atoms with Crippen molar-refractivity contribution in [1.29, 1.82) is 0 Å². The van der Waals surface area contributed by atoms with Crippen molar-refractivity contribution in [2.75, 3.05) is 18.8 Å². The SMILES string of the molecule is O=C1CCN(C(=O)CSc2nc3ccccc3s2)CC1. The molecule has 0 spiro atoms. The lowest BCUT2D eigenvalue weighted by Crippen LogP contribution is -2.39. The first-order valence-electron chi connectivity index (χ1n) is 6.50. The fraction of sp³-hybridized carbons (Fsp3) is 0.357. The summed E-state index contributed by atoms with van der Waals surface area (Å²) in [4.78, 5) is 29.5. The van der Waals surface area contributed by atoms with Crippen molar-refractivity contribution in [2.24, 2.45) is 0 Å². The summed E-state index contributed by atoms with van der Waals surface area (Å²) < 4.78 is 2.07. The minimum Gasteiger partial charge on any atom is -0.341 e. The van der Waals surface area contributed by atoms with Crippen LogP contribution in [0.4, 0.5) is 0 Å². The van der Waals surface area contributed by atoms with Gasteiger partial charge in [-0.3, -0.25) is 9.59 Å². The minimum absolute atomic E-state index is 0.0988. The van der Waals surface area contributed by atoms with Gasteiger partial charge in [0.05, 0.1) is 16.0 Å². The highest BCUT2D eigenvalue weighted by molar-refractivity contribution is 8.01. The number of fused-ring (bicyclic) bond motifs is 1. The van der Waals surface area contributed by atoms with Crippen molar-refractivity contribution in [2.45, 2.75) is 17.2 Å². The van der Waals surface area contributed by atoms with Crippen LogP contribution in [0.25, 0.3) is 10.2 Å². The van der Waals surface area contributed by atoms with E-state index >= 15 is 0 Å². The number of thioether (sulfide) groups is 1. The Bertz CT molecular complexity index is 610. The minimum atomic E-state index is 0.0988. The molecule has 1 amide bonds. The smallest absolute Gasteiger partial charge is 0.233 e. The second kappa shape index (κ2) is 5.93. The molecule has 20 heavy (non-hydrogen) atoms. The van der Waals surface area contributed by atoms with Gasteiger partial charge in [0.25, 0.3) is 0 Å². The molecule has 1 aliphatic rings. The van der Waals surface area contributed by atoms with E-state index < -0.39 is 0 Å². The molecule has 1 fully saturated rings. The van der Waals surface area contributed by atoms with E-state index in [-0.39, 0.29) is 11.7 Å². The van der Waals surface area contributed by atoms with Crippen LogP contribution in [0.2, 0.25) is 0 Å². The number of benzene rings is 1. The first-order chi connectivity index (χ1) is 9.72. The molecule has 2 aromatic rings. The molecule has 0 unspecified atom stereocenters. The Morgan fingerprint density at radius 3 is 2.80 bits per heavy atom. The van der Waals surface area contributed by atoms with E-state index in [2.05, 4.69) is 4.98 Å². The van der Waals surface area contributed by atoms with Gasteiger partial charge in [-0.1, -0.05) is 23.9 Å². The molecule has 0 atom stereocenters. The monoisotopic (exact) mass is 306 g/mol. The van der Waals surface area contributed by atoms with Crippen LogP contribution in [0.5, 0.6) is 0 Å². The average Bonchev–Trinajstić information content (AvgIpc) is 2.88. The summed E-state index contributed by atoms with van der Waals surface area (Å²) in [5.41, 5.74) is 0.982. The zero-order valence-corrected chi connectivity index (χ0v) is 12.5. The summed E-state index contributed by atoms with van der Waals surface area (Å²) in [7, 11) is 0. The van der Waals surface area contributed by atoms with Crippen LogP contribution >= 0.6 is 23.1 Å². The average molecular weight is 306 g/mol. The number of hydrogen-bond donors (Lipinski definition) is 0. The maximum absolute atomic E-state index is 12.1. The molecule has 4 nitrogen and oxygen atoms in total. The van der Waals surface area contributed by atoms with Gasteiger partial charge in [0.1, 0.15) is 5.78 Å². The molecule has 104 valence electrons. The van der Waals surface area contributed by atoms with Gasteiger partial charge in [-0.15, -0.1) is 11.3 Å². The number of thiazole rings is 1.